The summed E-state index contributed by atoms with van der Waals surface area (Å²) in [6, 6.07) is 6.46. The highest BCUT2D eigenvalue weighted by atomic mass is 32.2. The number of sulfonamides is 1. The molecule has 3 aromatic rings. The number of hydrogen-bond donors (Lipinski definition) is 1. The van der Waals surface area contributed by atoms with Crippen LogP contribution in [0.15, 0.2) is 52.2 Å². The van der Waals surface area contributed by atoms with E-state index in [4.69, 9.17) is 4.42 Å². The number of rotatable bonds is 5. The van der Waals surface area contributed by atoms with Crippen molar-refractivity contribution in [3.63, 3.8) is 0 Å². The van der Waals surface area contributed by atoms with Gasteiger partial charge in [0.1, 0.15) is 12.0 Å². The third-order valence-corrected chi connectivity index (χ3v) is 6.01. The molecule has 1 aliphatic heterocycles. The maximum atomic E-state index is 12.6. The Morgan fingerprint density at radius 1 is 1.04 bits per heavy atom. The van der Waals surface area contributed by atoms with Crippen LogP contribution in [0.5, 0.6) is 0 Å². The van der Waals surface area contributed by atoms with Gasteiger partial charge in [-0.05, 0) is 31.4 Å². The molecule has 1 aromatic carbocycles. The van der Waals surface area contributed by atoms with Crippen LogP contribution in [0.25, 0.3) is 11.3 Å². The normalized spacial score (nSPS) is 14.8. The minimum atomic E-state index is -3.73. The molecule has 1 aliphatic rings. The molecular formula is C19H21N5O3S. The number of hydrogen-bond acceptors (Lipinski definition) is 7. The number of nitrogens with one attached hydrogen (secondary N) is 1. The summed E-state index contributed by atoms with van der Waals surface area (Å²) in [6.45, 7) is 3.62. The van der Waals surface area contributed by atoms with Crippen molar-refractivity contribution in [2.75, 3.05) is 22.7 Å². The molecule has 28 heavy (non-hydrogen) atoms. The maximum Gasteiger partial charge on any atom is 0.261 e. The second-order valence-electron chi connectivity index (χ2n) is 6.70. The molecule has 1 N–H and O–H groups in total. The molecule has 0 atom stereocenters. The van der Waals surface area contributed by atoms with E-state index in [0.717, 1.165) is 31.5 Å². The summed E-state index contributed by atoms with van der Waals surface area (Å²) in [6.07, 6.45) is 8.02. The Morgan fingerprint density at radius 3 is 2.32 bits per heavy atom. The number of nitrogens with zero attached hydrogens (tertiary/aromatic N) is 4. The van der Waals surface area contributed by atoms with Crippen molar-refractivity contribution in [2.45, 2.75) is 31.1 Å². The first-order valence-electron chi connectivity index (χ1n) is 9.14. The summed E-state index contributed by atoms with van der Waals surface area (Å²) in [5, 5.41) is 0. The van der Waals surface area contributed by atoms with Crippen molar-refractivity contribution in [1.82, 2.24) is 15.0 Å². The summed E-state index contributed by atoms with van der Waals surface area (Å²) < 4.78 is 33.0. The number of aryl methyl sites for hydroxylation is 1. The number of oxazole rings is 1. The van der Waals surface area contributed by atoms with Gasteiger partial charge >= 0.3 is 0 Å². The summed E-state index contributed by atoms with van der Waals surface area (Å²) in [4.78, 5) is 15.1. The molecule has 0 unspecified atom stereocenters. The Hall–Kier alpha value is -2.94. The van der Waals surface area contributed by atoms with Crippen LogP contribution in [-0.4, -0.2) is 36.5 Å². The monoisotopic (exact) mass is 399 g/mol. The molecule has 0 aliphatic carbocycles. The molecule has 0 spiro atoms. The van der Waals surface area contributed by atoms with E-state index in [0.29, 0.717) is 23.2 Å². The molecule has 0 saturated carbocycles. The Kier molecular flexibility index (Phi) is 4.99. The van der Waals surface area contributed by atoms with Gasteiger partial charge in [-0.1, -0.05) is 12.1 Å². The Balaban J connectivity index is 1.47. The fraction of sp³-hybridized carbons (Fsp3) is 0.316. The molecule has 3 heterocycles. The molecule has 0 radical (unpaired) electrons. The first-order chi connectivity index (χ1) is 13.5. The highest BCUT2D eigenvalue weighted by Crippen LogP contribution is 2.22. The molecule has 1 fully saturated rings. The van der Waals surface area contributed by atoms with E-state index in [9.17, 15) is 8.42 Å². The van der Waals surface area contributed by atoms with Crippen LogP contribution in [0.3, 0.4) is 0 Å². The Bertz CT molecular complexity index is 1040. The molecule has 0 bridgehead atoms. The summed E-state index contributed by atoms with van der Waals surface area (Å²) in [7, 11) is -3.73. The predicted molar refractivity (Wildman–Crippen MR) is 106 cm³/mol. The molecule has 2 aromatic heterocycles. The van der Waals surface area contributed by atoms with Gasteiger partial charge < -0.3 is 9.32 Å². The Morgan fingerprint density at radius 2 is 1.71 bits per heavy atom. The average molecular weight is 399 g/mol. The minimum absolute atomic E-state index is 0.150. The lowest BCUT2D eigenvalue weighted by atomic mass is 10.1. The van der Waals surface area contributed by atoms with Crippen molar-refractivity contribution < 1.29 is 12.8 Å². The van der Waals surface area contributed by atoms with Gasteiger partial charge in [-0.3, -0.25) is 4.72 Å². The van der Waals surface area contributed by atoms with Crippen molar-refractivity contribution in [1.29, 1.82) is 0 Å². The largest absolute Gasteiger partial charge is 0.449 e. The second kappa shape index (κ2) is 7.59. The van der Waals surface area contributed by atoms with E-state index in [2.05, 4.69) is 24.6 Å². The molecular weight excluding hydrogens is 378 g/mol. The lowest BCUT2D eigenvalue weighted by molar-refractivity contribution is 0.521. The average Bonchev–Trinajstić information content (AvgIpc) is 3.15. The van der Waals surface area contributed by atoms with Crippen LogP contribution in [0.4, 0.5) is 11.6 Å². The maximum absolute atomic E-state index is 12.6. The third kappa shape index (κ3) is 3.99. The summed E-state index contributed by atoms with van der Waals surface area (Å²) in [5.41, 5.74) is 1.78. The molecule has 0 amide bonds. The smallest absolute Gasteiger partial charge is 0.261 e. The van der Waals surface area contributed by atoms with Crippen LogP contribution in [0.2, 0.25) is 0 Å². The highest BCUT2D eigenvalue weighted by molar-refractivity contribution is 7.92. The van der Waals surface area contributed by atoms with Crippen LogP contribution >= 0.6 is 0 Å². The van der Waals surface area contributed by atoms with E-state index in [1.807, 2.05) is 0 Å². The molecule has 9 heteroatoms. The van der Waals surface area contributed by atoms with Crippen molar-refractivity contribution >= 4 is 21.7 Å². The van der Waals surface area contributed by atoms with Gasteiger partial charge in [0.05, 0.1) is 23.0 Å². The lowest BCUT2D eigenvalue weighted by Crippen LogP contribution is -2.30. The zero-order valence-corrected chi connectivity index (χ0v) is 16.3. The summed E-state index contributed by atoms with van der Waals surface area (Å²) >= 11 is 0. The van der Waals surface area contributed by atoms with Gasteiger partial charge in [-0.15, -0.1) is 0 Å². The first kappa shape index (κ1) is 18.4. The van der Waals surface area contributed by atoms with E-state index < -0.39 is 10.0 Å². The van der Waals surface area contributed by atoms with E-state index >= 15 is 0 Å². The topological polar surface area (TPSA) is 101 Å². The van der Waals surface area contributed by atoms with Gasteiger partial charge in [0.15, 0.2) is 5.89 Å². The lowest BCUT2D eigenvalue weighted by Gasteiger charge is -2.26. The first-order valence-corrected chi connectivity index (χ1v) is 10.6. The van der Waals surface area contributed by atoms with Crippen molar-refractivity contribution in [3.05, 3.63) is 48.8 Å². The quantitative estimate of drug-likeness (QED) is 0.703. The zero-order chi connectivity index (χ0) is 19.6. The molecule has 146 valence electrons. The number of benzene rings is 1. The van der Waals surface area contributed by atoms with Crippen LogP contribution in [-0.2, 0) is 10.0 Å². The molecule has 4 rings (SSSR count). The van der Waals surface area contributed by atoms with Gasteiger partial charge in [-0.2, -0.15) is 0 Å². The Labute approximate surface area is 163 Å². The second-order valence-corrected chi connectivity index (χ2v) is 8.38. The summed E-state index contributed by atoms with van der Waals surface area (Å²) in [5.74, 6) is 1.19. The molecule has 8 nitrogen and oxygen atoms in total. The van der Waals surface area contributed by atoms with Crippen LogP contribution in [0.1, 0.15) is 25.2 Å². The standard InChI is InChI=1S/C19H21N5O3S/c1-14-22-18(13-27-14)15-5-7-17(8-6-15)28(25,26)23-16-11-20-19(21-12-16)24-9-3-2-4-10-24/h5-8,11-13,23H,2-4,9-10H2,1H3. The highest BCUT2D eigenvalue weighted by Gasteiger charge is 2.17. The third-order valence-electron chi connectivity index (χ3n) is 4.61. The number of anilines is 2. The van der Waals surface area contributed by atoms with Gasteiger partial charge in [0, 0.05) is 25.6 Å². The van der Waals surface area contributed by atoms with E-state index in [-0.39, 0.29) is 4.90 Å². The number of piperidine rings is 1. The van der Waals surface area contributed by atoms with Gasteiger partial charge in [0.2, 0.25) is 5.95 Å². The van der Waals surface area contributed by atoms with E-state index in [1.54, 1.807) is 25.3 Å². The van der Waals surface area contributed by atoms with Crippen molar-refractivity contribution in [2.24, 2.45) is 0 Å². The van der Waals surface area contributed by atoms with Crippen molar-refractivity contribution in [3.8, 4) is 11.3 Å². The zero-order valence-electron chi connectivity index (χ0n) is 15.5. The number of aromatic nitrogens is 3. The van der Waals surface area contributed by atoms with Gasteiger partial charge in [0.25, 0.3) is 10.0 Å². The van der Waals surface area contributed by atoms with Crippen LogP contribution in [0, 0.1) is 6.92 Å². The van der Waals surface area contributed by atoms with E-state index in [1.165, 1.54) is 30.9 Å². The fourth-order valence-corrected chi connectivity index (χ4v) is 4.17. The minimum Gasteiger partial charge on any atom is -0.449 e. The molecule has 1 saturated heterocycles. The van der Waals surface area contributed by atoms with Gasteiger partial charge in [-0.25, -0.2) is 23.4 Å². The van der Waals surface area contributed by atoms with Crippen LogP contribution < -0.4 is 9.62 Å². The fourth-order valence-electron chi connectivity index (χ4n) is 3.15. The SMILES string of the molecule is Cc1nc(-c2ccc(S(=O)(=O)Nc3cnc(N4CCCCC4)nc3)cc2)co1. The predicted octanol–water partition coefficient (Wildman–Crippen LogP) is 3.23.